The van der Waals surface area contributed by atoms with Gasteiger partial charge in [0.25, 0.3) is 0 Å². The molecule has 7 heteroatoms. The minimum absolute atomic E-state index is 0.0879. The van der Waals surface area contributed by atoms with Gasteiger partial charge in [-0.25, -0.2) is 8.78 Å². The molecule has 1 atom stereocenters. The van der Waals surface area contributed by atoms with Crippen LogP contribution in [0.1, 0.15) is 12.5 Å². The van der Waals surface area contributed by atoms with E-state index in [4.69, 9.17) is 10.9 Å². The standard InChI is InChI=1S/C12H15F2N3O2/c1-7(12(15)16-19)17(2)11(18)5-8-3-4-9(13)6-10(8)14/h3-4,6-7,19H,5H2,1-2H3,(H2,15,16). The zero-order chi connectivity index (χ0) is 14.6. The molecule has 0 radical (unpaired) electrons. The van der Waals surface area contributed by atoms with E-state index in [-0.39, 0.29) is 17.8 Å². The Labute approximate surface area is 109 Å². The van der Waals surface area contributed by atoms with E-state index in [0.29, 0.717) is 0 Å². The van der Waals surface area contributed by atoms with Crippen molar-refractivity contribution in [2.45, 2.75) is 19.4 Å². The third-order valence-electron chi connectivity index (χ3n) is 2.87. The van der Waals surface area contributed by atoms with Gasteiger partial charge < -0.3 is 15.8 Å². The van der Waals surface area contributed by atoms with Crippen LogP contribution in [0.4, 0.5) is 8.78 Å². The van der Waals surface area contributed by atoms with E-state index in [1.165, 1.54) is 18.0 Å². The lowest BCUT2D eigenvalue weighted by molar-refractivity contribution is -0.129. The number of oxime groups is 1. The highest BCUT2D eigenvalue weighted by Crippen LogP contribution is 2.11. The second-order valence-corrected chi connectivity index (χ2v) is 4.12. The number of carbonyl (C=O) groups is 1. The topological polar surface area (TPSA) is 78.9 Å². The van der Waals surface area contributed by atoms with Crippen molar-refractivity contribution in [3.63, 3.8) is 0 Å². The van der Waals surface area contributed by atoms with E-state index in [0.717, 1.165) is 12.1 Å². The minimum Gasteiger partial charge on any atom is -0.409 e. The van der Waals surface area contributed by atoms with Crippen LogP contribution >= 0.6 is 0 Å². The van der Waals surface area contributed by atoms with Gasteiger partial charge in [-0.2, -0.15) is 0 Å². The molecule has 0 heterocycles. The molecule has 0 aliphatic carbocycles. The molecule has 0 aliphatic rings. The van der Waals surface area contributed by atoms with Crippen molar-refractivity contribution >= 4 is 11.7 Å². The van der Waals surface area contributed by atoms with E-state index < -0.39 is 23.6 Å². The van der Waals surface area contributed by atoms with Gasteiger partial charge in [-0.15, -0.1) is 0 Å². The summed E-state index contributed by atoms with van der Waals surface area (Å²) in [5, 5.41) is 11.3. The summed E-state index contributed by atoms with van der Waals surface area (Å²) in [5.74, 6) is -2.04. The number of halogens is 2. The summed E-state index contributed by atoms with van der Waals surface area (Å²) in [6.07, 6.45) is -0.230. The predicted octanol–water partition coefficient (Wildman–Crippen LogP) is 1.10. The number of hydrogen-bond donors (Lipinski definition) is 2. The predicted molar refractivity (Wildman–Crippen MR) is 65.7 cm³/mol. The Bertz CT molecular complexity index is 506. The number of hydrogen-bond acceptors (Lipinski definition) is 3. The fourth-order valence-corrected chi connectivity index (χ4v) is 1.45. The van der Waals surface area contributed by atoms with Crippen LogP contribution in [0.15, 0.2) is 23.4 Å². The van der Waals surface area contributed by atoms with Crippen LogP contribution in [0, 0.1) is 11.6 Å². The highest BCUT2D eigenvalue weighted by atomic mass is 19.1. The van der Waals surface area contributed by atoms with Crippen molar-refractivity contribution in [1.29, 1.82) is 0 Å². The molecule has 5 nitrogen and oxygen atoms in total. The second-order valence-electron chi connectivity index (χ2n) is 4.12. The first-order chi connectivity index (χ1) is 8.86. The molecule has 0 saturated heterocycles. The lowest BCUT2D eigenvalue weighted by Crippen LogP contribution is -2.44. The number of amidine groups is 1. The summed E-state index contributed by atoms with van der Waals surface area (Å²) in [4.78, 5) is 13.1. The fourth-order valence-electron chi connectivity index (χ4n) is 1.45. The van der Waals surface area contributed by atoms with E-state index >= 15 is 0 Å². The van der Waals surface area contributed by atoms with Crippen molar-refractivity contribution in [1.82, 2.24) is 4.90 Å². The van der Waals surface area contributed by atoms with Gasteiger partial charge in [-0.05, 0) is 18.6 Å². The molecular weight excluding hydrogens is 256 g/mol. The summed E-state index contributed by atoms with van der Waals surface area (Å²) in [6.45, 7) is 1.56. The maximum atomic E-state index is 13.4. The van der Waals surface area contributed by atoms with Gasteiger partial charge in [0, 0.05) is 13.1 Å². The number of benzene rings is 1. The van der Waals surface area contributed by atoms with Crippen molar-refractivity contribution in [2.24, 2.45) is 10.9 Å². The molecular formula is C12H15F2N3O2. The van der Waals surface area contributed by atoms with Crippen LogP contribution < -0.4 is 5.73 Å². The first-order valence-electron chi connectivity index (χ1n) is 5.53. The molecule has 1 rings (SSSR count). The SMILES string of the molecule is CC(C(N)=NO)N(C)C(=O)Cc1ccc(F)cc1F. The molecule has 1 aromatic carbocycles. The number of carbonyl (C=O) groups excluding carboxylic acids is 1. The third kappa shape index (κ3) is 3.64. The Morgan fingerprint density at radius 3 is 2.68 bits per heavy atom. The summed E-state index contributed by atoms with van der Waals surface area (Å²) in [6, 6.07) is 2.39. The van der Waals surface area contributed by atoms with Gasteiger partial charge in [-0.3, -0.25) is 4.79 Å². The molecule has 0 fully saturated rings. The molecule has 0 spiro atoms. The molecule has 1 amide bonds. The number of likely N-dealkylation sites (N-methyl/N-ethyl adjacent to an activating group) is 1. The molecule has 0 bridgehead atoms. The Morgan fingerprint density at radius 1 is 1.53 bits per heavy atom. The van der Waals surface area contributed by atoms with Crippen LogP contribution in [-0.4, -0.2) is 34.9 Å². The Balaban J connectivity index is 2.79. The molecule has 0 aliphatic heterocycles. The molecule has 0 aromatic heterocycles. The van der Waals surface area contributed by atoms with Crippen molar-refractivity contribution < 1.29 is 18.8 Å². The zero-order valence-electron chi connectivity index (χ0n) is 10.6. The van der Waals surface area contributed by atoms with E-state index in [1.54, 1.807) is 6.92 Å². The fraction of sp³-hybridized carbons (Fsp3) is 0.333. The van der Waals surface area contributed by atoms with Crippen LogP contribution in [0.2, 0.25) is 0 Å². The smallest absolute Gasteiger partial charge is 0.227 e. The summed E-state index contributed by atoms with van der Waals surface area (Å²) in [5.41, 5.74) is 5.47. The van der Waals surface area contributed by atoms with E-state index in [9.17, 15) is 13.6 Å². The van der Waals surface area contributed by atoms with Crippen LogP contribution in [-0.2, 0) is 11.2 Å². The van der Waals surface area contributed by atoms with Gasteiger partial charge >= 0.3 is 0 Å². The van der Waals surface area contributed by atoms with Gasteiger partial charge in [0.2, 0.25) is 5.91 Å². The lowest BCUT2D eigenvalue weighted by Gasteiger charge is -2.23. The average molecular weight is 271 g/mol. The number of nitrogens with two attached hydrogens (primary N) is 1. The average Bonchev–Trinajstić information content (AvgIpc) is 2.39. The van der Waals surface area contributed by atoms with E-state index in [2.05, 4.69) is 5.16 Å². The van der Waals surface area contributed by atoms with Gasteiger partial charge in [0.1, 0.15) is 11.6 Å². The van der Waals surface area contributed by atoms with Gasteiger partial charge in [0.05, 0.1) is 12.5 Å². The summed E-state index contributed by atoms with van der Waals surface area (Å²) < 4.78 is 26.1. The first-order valence-corrected chi connectivity index (χ1v) is 5.53. The third-order valence-corrected chi connectivity index (χ3v) is 2.87. The quantitative estimate of drug-likeness (QED) is 0.372. The number of amides is 1. The maximum Gasteiger partial charge on any atom is 0.227 e. The van der Waals surface area contributed by atoms with Crippen LogP contribution in [0.3, 0.4) is 0 Å². The molecule has 1 unspecified atom stereocenters. The van der Waals surface area contributed by atoms with Crippen molar-refractivity contribution in [3.8, 4) is 0 Å². The van der Waals surface area contributed by atoms with Gasteiger partial charge in [-0.1, -0.05) is 11.2 Å². The minimum atomic E-state index is -0.779. The maximum absolute atomic E-state index is 13.4. The Hall–Kier alpha value is -2.18. The van der Waals surface area contributed by atoms with Gasteiger partial charge in [0.15, 0.2) is 5.84 Å². The summed E-state index contributed by atoms with van der Waals surface area (Å²) >= 11 is 0. The Kier molecular flexibility index (Phi) is 4.80. The molecule has 1 aromatic rings. The molecule has 3 N–H and O–H groups in total. The zero-order valence-corrected chi connectivity index (χ0v) is 10.6. The van der Waals surface area contributed by atoms with Crippen molar-refractivity contribution in [2.75, 3.05) is 7.05 Å². The second kappa shape index (κ2) is 6.12. The van der Waals surface area contributed by atoms with E-state index in [1.807, 2.05) is 0 Å². The summed E-state index contributed by atoms with van der Waals surface area (Å²) in [7, 11) is 1.45. The Morgan fingerprint density at radius 2 is 2.16 bits per heavy atom. The number of rotatable bonds is 4. The van der Waals surface area contributed by atoms with Crippen molar-refractivity contribution in [3.05, 3.63) is 35.4 Å². The molecule has 19 heavy (non-hydrogen) atoms. The highest BCUT2D eigenvalue weighted by molar-refractivity contribution is 5.90. The molecule has 104 valence electrons. The van der Waals surface area contributed by atoms with Crippen LogP contribution in [0.5, 0.6) is 0 Å². The largest absolute Gasteiger partial charge is 0.409 e. The monoisotopic (exact) mass is 271 g/mol. The number of nitrogens with zero attached hydrogens (tertiary/aromatic N) is 2. The first kappa shape index (κ1) is 14.9. The lowest BCUT2D eigenvalue weighted by atomic mass is 10.1. The normalized spacial score (nSPS) is 13.2. The molecule has 0 saturated carbocycles. The highest BCUT2D eigenvalue weighted by Gasteiger charge is 2.20. The van der Waals surface area contributed by atoms with Crippen LogP contribution in [0.25, 0.3) is 0 Å².